The zero-order chi connectivity index (χ0) is 12.4. The van der Waals surface area contributed by atoms with E-state index in [0.29, 0.717) is 0 Å². The number of nitrogens with zero attached hydrogens (tertiary/aromatic N) is 1. The summed E-state index contributed by atoms with van der Waals surface area (Å²) in [6.07, 6.45) is 10.0. The highest BCUT2D eigenvalue weighted by Gasteiger charge is 2.35. The smallest absolute Gasteiger partial charge is 0.156 e. The zero-order valence-electron chi connectivity index (χ0n) is 11.5. The normalized spacial score (nSPS) is 36.5. The highest BCUT2D eigenvalue weighted by atomic mass is 32.2. The quantitative estimate of drug-likeness (QED) is 0.839. The molecule has 1 N–H and O–H groups in total. The van der Waals surface area contributed by atoms with Crippen LogP contribution in [0, 0.1) is 17.8 Å². The number of nitrogens with one attached hydrogen (secondary N) is 1. The molecule has 18 heavy (non-hydrogen) atoms. The molecule has 3 heteroatoms. The Labute approximate surface area is 115 Å². The summed E-state index contributed by atoms with van der Waals surface area (Å²) >= 11 is 2.01. The van der Waals surface area contributed by atoms with Crippen LogP contribution in [0.4, 0.5) is 0 Å². The van der Waals surface area contributed by atoms with Gasteiger partial charge in [-0.05, 0) is 37.0 Å². The van der Waals surface area contributed by atoms with Gasteiger partial charge in [0, 0.05) is 11.8 Å². The lowest BCUT2D eigenvalue weighted by atomic mass is 9.81. The Morgan fingerprint density at radius 1 is 1.17 bits per heavy atom. The van der Waals surface area contributed by atoms with Crippen molar-refractivity contribution in [3.63, 3.8) is 0 Å². The number of amidine groups is 1. The maximum Gasteiger partial charge on any atom is 0.156 e. The minimum absolute atomic E-state index is 0.808. The van der Waals surface area contributed by atoms with Crippen molar-refractivity contribution in [2.24, 2.45) is 22.7 Å². The SMILES string of the molecule is CC1CCC(CCNC2=NCC(C3CC3)S2)CC1. The average molecular weight is 266 g/mol. The van der Waals surface area contributed by atoms with Crippen LogP contribution < -0.4 is 5.32 Å². The summed E-state index contributed by atoms with van der Waals surface area (Å²) in [6, 6.07) is 0. The van der Waals surface area contributed by atoms with Gasteiger partial charge in [0.1, 0.15) is 0 Å². The average Bonchev–Trinajstić information content (AvgIpc) is 3.12. The van der Waals surface area contributed by atoms with Crippen molar-refractivity contribution in [1.29, 1.82) is 0 Å². The maximum atomic E-state index is 4.64. The predicted molar refractivity (Wildman–Crippen MR) is 80.1 cm³/mol. The third kappa shape index (κ3) is 3.43. The van der Waals surface area contributed by atoms with Crippen molar-refractivity contribution in [2.45, 2.75) is 57.1 Å². The topological polar surface area (TPSA) is 24.4 Å². The summed E-state index contributed by atoms with van der Waals surface area (Å²) in [5.74, 6) is 2.93. The minimum Gasteiger partial charge on any atom is -0.365 e. The summed E-state index contributed by atoms with van der Waals surface area (Å²) in [5, 5.41) is 5.61. The largest absolute Gasteiger partial charge is 0.365 e. The lowest BCUT2D eigenvalue weighted by molar-refractivity contribution is 0.278. The van der Waals surface area contributed by atoms with Crippen molar-refractivity contribution in [3.8, 4) is 0 Å². The Morgan fingerprint density at radius 2 is 1.94 bits per heavy atom. The summed E-state index contributed by atoms with van der Waals surface area (Å²) < 4.78 is 0. The minimum atomic E-state index is 0.808. The van der Waals surface area contributed by atoms with E-state index in [9.17, 15) is 0 Å². The number of hydrogen-bond acceptors (Lipinski definition) is 3. The Morgan fingerprint density at radius 3 is 2.67 bits per heavy atom. The van der Waals surface area contributed by atoms with E-state index in [1.54, 1.807) is 0 Å². The van der Waals surface area contributed by atoms with E-state index in [1.807, 2.05) is 11.8 Å². The number of aliphatic imine (C=N–C) groups is 1. The Kier molecular flexibility index (Phi) is 4.17. The molecule has 3 rings (SSSR count). The molecule has 0 radical (unpaired) electrons. The van der Waals surface area contributed by atoms with Crippen LogP contribution in [0.3, 0.4) is 0 Å². The number of hydrogen-bond donors (Lipinski definition) is 1. The molecule has 2 fully saturated rings. The van der Waals surface area contributed by atoms with E-state index in [-0.39, 0.29) is 0 Å². The van der Waals surface area contributed by atoms with Crippen molar-refractivity contribution < 1.29 is 0 Å². The highest BCUT2D eigenvalue weighted by Crippen LogP contribution is 2.41. The third-order valence-corrected chi connectivity index (χ3v) is 6.12. The Hall–Kier alpha value is -0.180. The highest BCUT2D eigenvalue weighted by molar-refractivity contribution is 8.14. The molecule has 0 spiro atoms. The summed E-state index contributed by atoms with van der Waals surface area (Å²) in [5.41, 5.74) is 0. The van der Waals surface area contributed by atoms with Gasteiger partial charge >= 0.3 is 0 Å². The first-order chi connectivity index (χ1) is 8.81. The standard InChI is InChI=1S/C15H26N2S/c1-11-2-4-12(5-3-11)8-9-16-15-17-10-14(18-15)13-6-7-13/h11-14H,2-10H2,1H3,(H,16,17). The fourth-order valence-electron chi connectivity index (χ4n) is 3.20. The summed E-state index contributed by atoms with van der Waals surface area (Å²) in [7, 11) is 0. The molecule has 102 valence electrons. The fourth-order valence-corrected chi connectivity index (χ4v) is 4.44. The van der Waals surface area contributed by atoms with Gasteiger partial charge in [-0.2, -0.15) is 0 Å². The van der Waals surface area contributed by atoms with Crippen LogP contribution >= 0.6 is 11.8 Å². The zero-order valence-corrected chi connectivity index (χ0v) is 12.3. The first-order valence-electron chi connectivity index (χ1n) is 7.76. The molecule has 1 heterocycles. The van der Waals surface area contributed by atoms with Gasteiger partial charge in [0.15, 0.2) is 5.17 Å². The van der Waals surface area contributed by atoms with E-state index in [2.05, 4.69) is 17.2 Å². The second-order valence-corrected chi connectivity index (χ2v) is 7.71. The third-order valence-electron chi connectivity index (χ3n) is 4.79. The summed E-state index contributed by atoms with van der Waals surface area (Å²) in [6.45, 7) is 4.61. The van der Waals surface area contributed by atoms with Gasteiger partial charge in [0.2, 0.25) is 0 Å². The van der Waals surface area contributed by atoms with Crippen LogP contribution in [0.2, 0.25) is 0 Å². The van der Waals surface area contributed by atoms with Crippen LogP contribution in [-0.2, 0) is 0 Å². The first kappa shape index (κ1) is 12.8. The van der Waals surface area contributed by atoms with E-state index >= 15 is 0 Å². The fraction of sp³-hybridized carbons (Fsp3) is 0.933. The molecule has 0 bridgehead atoms. The maximum absolute atomic E-state index is 4.64. The van der Waals surface area contributed by atoms with Crippen molar-refractivity contribution in [3.05, 3.63) is 0 Å². The van der Waals surface area contributed by atoms with E-state index in [1.165, 1.54) is 50.1 Å². The van der Waals surface area contributed by atoms with Crippen molar-refractivity contribution in [1.82, 2.24) is 5.32 Å². The molecule has 2 saturated carbocycles. The Bertz CT molecular complexity index is 304. The first-order valence-corrected chi connectivity index (χ1v) is 8.64. The molecule has 0 amide bonds. The monoisotopic (exact) mass is 266 g/mol. The molecule has 1 unspecified atom stereocenters. The van der Waals surface area contributed by atoms with Crippen LogP contribution in [0.1, 0.15) is 51.9 Å². The molecule has 0 aromatic carbocycles. The van der Waals surface area contributed by atoms with Crippen LogP contribution in [0.5, 0.6) is 0 Å². The molecule has 0 saturated heterocycles. The van der Waals surface area contributed by atoms with Gasteiger partial charge in [-0.25, -0.2) is 0 Å². The van der Waals surface area contributed by atoms with E-state index in [4.69, 9.17) is 0 Å². The van der Waals surface area contributed by atoms with Gasteiger partial charge in [-0.3, -0.25) is 4.99 Å². The second-order valence-electron chi connectivity index (χ2n) is 6.48. The Balaban J connectivity index is 1.30. The lowest BCUT2D eigenvalue weighted by Gasteiger charge is -2.26. The van der Waals surface area contributed by atoms with E-state index in [0.717, 1.165) is 36.1 Å². The molecule has 0 aromatic heterocycles. The summed E-state index contributed by atoms with van der Waals surface area (Å²) in [4.78, 5) is 4.64. The van der Waals surface area contributed by atoms with Crippen LogP contribution in [0.25, 0.3) is 0 Å². The van der Waals surface area contributed by atoms with Gasteiger partial charge < -0.3 is 5.32 Å². The van der Waals surface area contributed by atoms with Gasteiger partial charge in [-0.1, -0.05) is 44.4 Å². The lowest BCUT2D eigenvalue weighted by Crippen LogP contribution is -2.24. The second kappa shape index (κ2) is 5.85. The molecule has 3 aliphatic rings. The molecule has 2 aliphatic carbocycles. The molecule has 1 atom stereocenters. The van der Waals surface area contributed by atoms with Gasteiger partial charge in [0.05, 0.1) is 6.54 Å². The molecule has 2 nitrogen and oxygen atoms in total. The predicted octanol–water partition coefficient (Wildman–Crippen LogP) is 3.67. The molecular formula is C15H26N2S. The van der Waals surface area contributed by atoms with Crippen LogP contribution in [0.15, 0.2) is 4.99 Å². The van der Waals surface area contributed by atoms with Gasteiger partial charge in [-0.15, -0.1) is 0 Å². The molecule has 0 aromatic rings. The molecule has 1 aliphatic heterocycles. The number of rotatable bonds is 4. The molecular weight excluding hydrogens is 240 g/mol. The van der Waals surface area contributed by atoms with Crippen molar-refractivity contribution >= 4 is 16.9 Å². The van der Waals surface area contributed by atoms with Crippen LogP contribution in [-0.4, -0.2) is 23.5 Å². The van der Waals surface area contributed by atoms with E-state index < -0.39 is 0 Å². The van der Waals surface area contributed by atoms with Crippen molar-refractivity contribution in [2.75, 3.05) is 13.1 Å². The number of thioether (sulfide) groups is 1. The van der Waals surface area contributed by atoms with Gasteiger partial charge in [0.25, 0.3) is 0 Å².